The van der Waals surface area contributed by atoms with Gasteiger partial charge >= 0.3 is 0 Å². The zero-order chi connectivity index (χ0) is 16.6. The van der Waals surface area contributed by atoms with E-state index in [1.165, 1.54) is 16.0 Å². The van der Waals surface area contributed by atoms with Crippen LogP contribution in [0, 0.1) is 0 Å². The predicted molar refractivity (Wildman–Crippen MR) is 104 cm³/mol. The van der Waals surface area contributed by atoms with Crippen molar-refractivity contribution >= 4 is 29.0 Å². The number of nitrogens with one attached hydrogen (secondary N) is 1. The zero-order valence-corrected chi connectivity index (χ0v) is 15.5. The van der Waals surface area contributed by atoms with Gasteiger partial charge in [-0.3, -0.25) is 9.69 Å². The number of carbonyl (C=O) groups excluding carboxylic acids is 1. The van der Waals surface area contributed by atoms with Gasteiger partial charge in [0.1, 0.15) is 0 Å². The number of fused-ring (bicyclic) bond motifs is 1. The lowest BCUT2D eigenvalue weighted by Gasteiger charge is -2.28. The smallest absolute Gasteiger partial charge is 0.230 e. The first-order valence-electron chi connectivity index (χ1n) is 8.47. The van der Waals surface area contributed by atoms with Crippen molar-refractivity contribution in [3.05, 3.63) is 57.8 Å². The van der Waals surface area contributed by atoms with E-state index in [9.17, 15) is 4.79 Å². The Labute approximate surface area is 152 Å². The molecule has 0 radical (unpaired) electrons. The highest BCUT2D eigenvalue weighted by Gasteiger charge is 2.14. The zero-order valence-electron chi connectivity index (χ0n) is 13.9. The van der Waals surface area contributed by atoms with E-state index < -0.39 is 0 Å². The molecule has 0 bridgehead atoms. The summed E-state index contributed by atoms with van der Waals surface area (Å²) in [7, 11) is 0. The van der Waals surface area contributed by atoms with Crippen molar-refractivity contribution in [2.75, 3.05) is 25.4 Å². The summed E-state index contributed by atoms with van der Waals surface area (Å²) in [5.41, 5.74) is 2.95. The van der Waals surface area contributed by atoms with Crippen LogP contribution in [0.3, 0.4) is 0 Å². The van der Waals surface area contributed by atoms with Crippen LogP contribution in [0.1, 0.15) is 22.4 Å². The average Bonchev–Trinajstić information content (AvgIpc) is 3.12. The number of rotatable bonds is 8. The van der Waals surface area contributed by atoms with Gasteiger partial charge in [0.2, 0.25) is 5.91 Å². The van der Waals surface area contributed by atoms with Gasteiger partial charge in [-0.2, -0.15) is 0 Å². The minimum atomic E-state index is 0.153. The topological polar surface area (TPSA) is 32.3 Å². The third kappa shape index (κ3) is 5.36. The maximum Gasteiger partial charge on any atom is 0.230 e. The number of benzene rings is 1. The van der Waals surface area contributed by atoms with Gasteiger partial charge in [-0.05, 0) is 35.4 Å². The summed E-state index contributed by atoms with van der Waals surface area (Å²) in [6.07, 6.45) is 2.16. The minimum absolute atomic E-state index is 0.153. The molecule has 1 N–H and O–H groups in total. The molecular weight excluding hydrogens is 336 g/mol. The number of carbonyl (C=O) groups is 1. The van der Waals surface area contributed by atoms with E-state index in [0.717, 1.165) is 44.8 Å². The molecule has 1 aliphatic rings. The van der Waals surface area contributed by atoms with Crippen LogP contribution in [0.4, 0.5) is 0 Å². The Morgan fingerprint density at radius 2 is 2.08 bits per heavy atom. The van der Waals surface area contributed by atoms with Crippen molar-refractivity contribution < 1.29 is 4.79 Å². The van der Waals surface area contributed by atoms with Crippen LogP contribution in [-0.4, -0.2) is 36.2 Å². The molecule has 1 aromatic carbocycles. The van der Waals surface area contributed by atoms with E-state index in [1.54, 1.807) is 23.1 Å². The molecule has 0 fully saturated rings. The summed E-state index contributed by atoms with van der Waals surface area (Å²) in [5.74, 6) is 1.63. The highest BCUT2D eigenvalue weighted by atomic mass is 32.2. The Hall–Kier alpha value is -1.30. The van der Waals surface area contributed by atoms with E-state index in [4.69, 9.17) is 0 Å². The van der Waals surface area contributed by atoms with Crippen molar-refractivity contribution in [2.45, 2.75) is 25.1 Å². The fourth-order valence-corrected chi connectivity index (χ4v) is 4.66. The molecule has 0 aliphatic carbocycles. The molecule has 0 unspecified atom stereocenters. The molecule has 0 atom stereocenters. The second-order valence-corrected chi connectivity index (χ2v) is 8.09. The van der Waals surface area contributed by atoms with Crippen LogP contribution >= 0.6 is 23.1 Å². The first-order valence-corrected chi connectivity index (χ1v) is 10.5. The molecule has 2 aromatic rings. The largest absolute Gasteiger partial charge is 0.355 e. The Bertz CT molecular complexity index is 643. The number of hydrogen-bond acceptors (Lipinski definition) is 4. The van der Waals surface area contributed by atoms with Crippen molar-refractivity contribution in [1.29, 1.82) is 0 Å². The summed E-state index contributed by atoms with van der Waals surface area (Å²) in [5, 5.41) is 5.12. The van der Waals surface area contributed by atoms with Gasteiger partial charge in [-0.15, -0.1) is 23.1 Å². The van der Waals surface area contributed by atoms with Gasteiger partial charge in [-0.1, -0.05) is 30.3 Å². The highest BCUT2D eigenvalue weighted by molar-refractivity contribution is 7.99. The fourth-order valence-electron chi connectivity index (χ4n) is 2.97. The van der Waals surface area contributed by atoms with Crippen LogP contribution < -0.4 is 5.32 Å². The lowest BCUT2D eigenvalue weighted by molar-refractivity contribution is -0.118. The van der Waals surface area contributed by atoms with Gasteiger partial charge in [0.05, 0.1) is 5.75 Å². The second kappa shape index (κ2) is 9.25. The number of nitrogens with zero attached hydrogens (tertiary/aromatic N) is 1. The molecule has 3 nitrogen and oxygen atoms in total. The number of hydrogen-bond donors (Lipinski definition) is 1. The Morgan fingerprint density at radius 1 is 1.21 bits per heavy atom. The maximum absolute atomic E-state index is 11.8. The molecule has 1 amide bonds. The quantitative estimate of drug-likeness (QED) is 0.731. The second-order valence-electron chi connectivity index (χ2n) is 6.07. The van der Waals surface area contributed by atoms with Gasteiger partial charge in [-0.25, -0.2) is 0 Å². The molecule has 0 saturated carbocycles. The lowest BCUT2D eigenvalue weighted by atomic mass is 10.00. The molecule has 0 saturated heterocycles. The van der Waals surface area contributed by atoms with Crippen LogP contribution in [0.15, 0.2) is 41.8 Å². The van der Waals surface area contributed by atoms with Crippen LogP contribution in [0.25, 0.3) is 0 Å². The van der Waals surface area contributed by atoms with E-state index in [1.807, 2.05) is 0 Å². The van der Waals surface area contributed by atoms with Gasteiger partial charge in [0, 0.05) is 36.8 Å². The van der Waals surface area contributed by atoms with Crippen molar-refractivity contribution in [3.63, 3.8) is 0 Å². The van der Waals surface area contributed by atoms with Crippen molar-refractivity contribution in [2.24, 2.45) is 0 Å². The molecule has 3 rings (SSSR count). The van der Waals surface area contributed by atoms with Gasteiger partial charge < -0.3 is 5.32 Å². The first kappa shape index (κ1) is 17.5. The third-order valence-corrected chi connectivity index (χ3v) is 6.28. The minimum Gasteiger partial charge on any atom is -0.355 e. The average molecular weight is 361 g/mol. The molecular formula is C19H24N2OS2. The predicted octanol–water partition coefficient (Wildman–Crippen LogP) is 3.55. The maximum atomic E-state index is 11.8. The fraction of sp³-hybridized carbons (Fsp3) is 0.421. The van der Waals surface area contributed by atoms with Gasteiger partial charge in [0.25, 0.3) is 0 Å². The molecule has 2 heterocycles. The summed E-state index contributed by atoms with van der Waals surface area (Å²) in [6.45, 7) is 4.00. The highest BCUT2D eigenvalue weighted by Crippen LogP contribution is 2.18. The normalized spacial score (nSPS) is 14.3. The summed E-state index contributed by atoms with van der Waals surface area (Å²) in [6, 6.07) is 12.9. The first-order chi connectivity index (χ1) is 11.8. The number of amides is 1. The standard InChI is InChI=1S/C19H24N2OS2/c22-19(15-23-14-18-7-3-12-24-18)20-9-4-10-21-11-8-16-5-1-2-6-17(16)13-21/h1-3,5-7,12H,4,8-11,13-15H2,(H,20,22). The Balaban J connectivity index is 1.26. The van der Waals surface area contributed by atoms with Crippen LogP contribution in [0.5, 0.6) is 0 Å². The summed E-state index contributed by atoms with van der Waals surface area (Å²) in [4.78, 5) is 15.7. The Kier molecular flexibility index (Phi) is 6.75. The SMILES string of the molecule is O=C(CSCc1cccs1)NCCCN1CCc2ccccc2C1. The van der Waals surface area contributed by atoms with Crippen LogP contribution in [-0.2, 0) is 23.5 Å². The van der Waals surface area contributed by atoms with Crippen molar-refractivity contribution in [1.82, 2.24) is 10.2 Å². The molecule has 1 aromatic heterocycles. The summed E-state index contributed by atoms with van der Waals surface area (Å²) < 4.78 is 0. The molecule has 24 heavy (non-hydrogen) atoms. The molecule has 1 aliphatic heterocycles. The van der Waals surface area contributed by atoms with E-state index in [-0.39, 0.29) is 5.91 Å². The molecule has 128 valence electrons. The lowest BCUT2D eigenvalue weighted by Crippen LogP contribution is -2.34. The van der Waals surface area contributed by atoms with E-state index in [2.05, 4.69) is 52.0 Å². The Morgan fingerprint density at radius 3 is 2.92 bits per heavy atom. The van der Waals surface area contributed by atoms with Gasteiger partial charge in [0.15, 0.2) is 0 Å². The molecule has 0 spiro atoms. The van der Waals surface area contributed by atoms with Crippen LogP contribution in [0.2, 0.25) is 0 Å². The summed E-state index contributed by atoms with van der Waals surface area (Å²) >= 11 is 3.43. The third-order valence-electron chi connectivity index (χ3n) is 4.24. The molecule has 5 heteroatoms. The number of thioether (sulfide) groups is 1. The number of thiophene rings is 1. The van der Waals surface area contributed by atoms with E-state index >= 15 is 0 Å². The van der Waals surface area contributed by atoms with E-state index in [0.29, 0.717) is 5.75 Å². The monoisotopic (exact) mass is 360 g/mol. The van der Waals surface area contributed by atoms with Crippen molar-refractivity contribution in [3.8, 4) is 0 Å².